The number of thioether (sulfide) groups is 1. The zero-order chi connectivity index (χ0) is 12.0. The van der Waals surface area contributed by atoms with E-state index in [1.165, 1.54) is 17.8 Å². The van der Waals surface area contributed by atoms with Gasteiger partial charge in [-0.05, 0) is 18.6 Å². The van der Waals surface area contributed by atoms with Gasteiger partial charge in [0.1, 0.15) is 0 Å². The zero-order valence-electron chi connectivity index (χ0n) is 8.86. The molecule has 0 radical (unpaired) electrons. The maximum Gasteiger partial charge on any atom is 0.371 e. The van der Waals surface area contributed by atoms with E-state index in [0.29, 0.717) is 11.5 Å². The lowest BCUT2D eigenvalue weighted by Gasteiger charge is -1.98. The van der Waals surface area contributed by atoms with Gasteiger partial charge < -0.3 is 14.8 Å². The SMILES string of the molecule is CNC(=O)CCCSc1ccc(C(=O)O)o1. The van der Waals surface area contributed by atoms with Crippen molar-refractivity contribution in [3.8, 4) is 0 Å². The van der Waals surface area contributed by atoms with E-state index in [1.807, 2.05) is 0 Å². The van der Waals surface area contributed by atoms with E-state index in [-0.39, 0.29) is 11.7 Å². The largest absolute Gasteiger partial charge is 0.475 e. The molecule has 88 valence electrons. The molecule has 5 nitrogen and oxygen atoms in total. The fourth-order valence-corrected chi connectivity index (χ4v) is 1.85. The van der Waals surface area contributed by atoms with Crippen LogP contribution in [0.4, 0.5) is 0 Å². The normalized spacial score (nSPS) is 10.1. The van der Waals surface area contributed by atoms with Crippen LogP contribution >= 0.6 is 11.8 Å². The zero-order valence-corrected chi connectivity index (χ0v) is 9.67. The lowest BCUT2D eigenvalue weighted by atomic mass is 10.3. The summed E-state index contributed by atoms with van der Waals surface area (Å²) in [6, 6.07) is 3.04. The maximum absolute atomic E-state index is 10.9. The Hall–Kier alpha value is -1.43. The van der Waals surface area contributed by atoms with Crippen molar-refractivity contribution in [3.05, 3.63) is 17.9 Å². The molecule has 0 fully saturated rings. The quantitative estimate of drug-likeness (QED) is 0.586. The average molecular weight is 243 g/mol. The van der Waals surface area contributed by atoms with E-state index in [1.54, 1.807) is 13.1 Å². The Morgan fingerprint density at radius 2 is 2.25 bits per heavy atom. The van der Waals surface area contributed by atoms with Gasteiger partial charge in [0, 0.05) is 19.2 Å². The third-order valence-corrected chi connectivity index (χ3v) is 2.86. The second kappa shape index (κ2) is 6.22. The number of amides is 1. The van der Waals surface area contributed by atoms with E-state index >= 15 is 0 Å². The highest BCUT2D eigenvalue weighted by Crippen LogP contribution is 2.22. The van der Waals surface area contributed by atoms with Crippen molar-refractivity contribution in [2.24, 2.45) is 0 Å². The molecule has 0 aromatic carbocycles. The Bertz CT molecular complexity index is 375. The molecule has 0 aliphatic carbocycles. The Morgan fingerprint density at radius 1 is 1.50 bits per heavy atom. The van der Waals surface area contributed by atoms with Crippen LogP contribution in [0.2, 0.25) is 0 Å². The fraction of sp³-hybridized carbons (Fsp3) is 0.400. The number of carboxylic acid groups (broad SMARTS) is 1. The summed E-state index contributed by atoms with van der Waals surface area (Å²) in [7, 11) is 1.60. The number of hydrogen-bond donors (Lipinski definition) is 2. The van der Waals surface area contributed by atoms with Crippen LogP contribution in [0.15, 0.2) is 21.6 Å². The summed E-state index contributed by atoms with van der Waals surface area (Å²) in [5.74, 6) is -0.405. The molecule has 0 aliphatic rings. The van der Waals surface area contributed by atoms with E-state index in [2.05, 4.69) is 5.32 Å². The second-order valence-corrected chi connectivity index (χ2v) is 4.15. The molecular formula is C10H13NO4S. The third-order valence-electron chi connectivity index (χ3n) is 1.86. The van der Waals surface area contributed by atoms with Gasteiger partial charge in [0.05, 0.1) is 0 Å². The molecule has 0 spiro atoms. The minimum atomic E-state index is -1.07. The van der Waals surface area contributed by atoms with E-state index in [0.717, 1.165) is 12.2 Å². The van der Waals surface area contributed by atoms with E-state index in [4.69, 9.17) is 9.52 Å². The highest BCUT2D eigenvalue weighted by atomic mass is 32.2. The first-order chi connectivity index (χ1) is 7.63. The number of carbonyl (C=O) groups is 2. The van der Waals surface area contributed by atoms with Crippen LogP contribution < -0.4 is 5.32 Å². The van der Waals surface area contributed by atoms with Crippen LogP contribution in [0.1, 0.15) is 23.4 Å². The minimum absolute atomic E-state index is 0.00581. The lowest BCUT2D eigenvalue weighted by molar-refractivity contribution is -0.120. The molecule has 0 atom stereocenters. The Balaban J connectivity index is 2.27. The van der Waals surface area contributed by atoms with Crippen LogP contribution in [-0.4, -0.2) is 29.8 Å². The first-order valence-corrected chi connectivity index (χ1v) is 5.78. The molecule has 1 amide bonds. The molecule has 16 heavy (non-hydrogen) atoms. The van der Waals surface area contributed by atoms with Gasteiger partial charge in [-0.1, -0.05) is 11.8 Å². The molecule has 6 heteroatoms. The van der Waals surface area contributed by atoms with Crippen molar-refractivity contribution in [3.63, 3.8) is 0 Å². The summed E-state index contributed by atoms with van der Waals surface area (Å²) >= 11 is 1.40. The highest BCUT2D eigenvalue weighted by Gasteiger charge is 2.08. The van der Waals surface area contributed by atoms with Crippen molar-refractivity contribution in [1.29, 1.82) is 0 Å². The summed E-state index contributed by atoms with van der Waals surface area (Å²) < 4.78 is 5.04. The van der Waals surface area contributed by atoms with E-state index in [9.17, 15) is 9.59 Å². The van der Waals surface area contributed by atoms with Gasteiger partial charge in [-0.3, -0.25) is 4.79 Å². The number of carboxylic acids is 1. The number of hydrogen-bond acceptors (Lipinski definition) is 4. The first-order valence-electron chi connectivity index (χ1n) is 4.80. The van der Waals surface area contributed by atoms with Crippen LogP contribution in [0.25, 0.3) is 0 Å². The number of nitrogens with one attached hydrogen (secondary N) is 1. The number of rotatable bonds is 6. The van der Waals surface area contributed by atoms with Crippen molar-refractivity contribution in [2.75, 3.05) is 12.8 Å². The van der Waals surface area contributed by atoms with Crippen LogP contribution in [-0.2, 0) is 4.79 Å². The molecule has 2 N–H and O–H groups in total. The monoisotopic (exact) mass is 243 g/mol. The van der Waals surface area contributed by atoms with Gasteiger partial charge >= 0.3 is 5.97 Å². The van der Waals surface area contributed by atoms with Crippen molar-refractivity contribution >= 4 is 23.6 Å². The molecule has 0 saturated heterocycles. The summed E-state index contributed by atoms with van der Waals surface area (Å²) in [4.78, 5) is 21.4. The standard InChI is InChI=1S/C10H13NO4S/c1-11-8(12)3-2-6-16-9-5-4-7(15-9)10(13)14/h4-5H,2-3,6H2,1H3,(H,11,12)(H,13,14). The lowest BCUT2D eigenvalue weighted by Crippen LogP contribution is -2.17. The van der Waals surface area contributed by atoms with Crippen LogP contribution in [0.3, 0.4) is 0 Å². The average Bonchev–Trinajstić information content (AvgIpc) is 2.72. The molecule has 0 aliphatic heterocycles. The highest BCUT2D eigenvalue weighted by molar-refractivity contribution is 7.99. The number of carbonyl (C=O) groups excluding carboxylic acids is 1. The summed E-state index contributed by atoms with van der Waals surface area (Å²) in [5.41, 5.74) is 0. The molecule has 0 bridgehead atoms. The number of aromatic carboxylic acids is 1. The third kappa shape index (κ3) is 3.98. The van der Waals surface area contributed by atoms with Crippen molar-refractivity contribution in [2.45, 2.75) is 17.9 Å². The van der Waals surface area contributed by atoms with Crippen molar-refractivity contribution in [1.82, 2.24) is 5.32 Å². The van der Waals surface area contributed by atoms with Crippen LogP contribution in [0, 0.1) is 0 Å². The fourth-order valence-electron chi connectivity index (χ4n) is 1.04. The smallest absolute Gasteiger partial charge is 0.371 e. The Morgan fingerprint density at radius 3 is 2.81 bits per heavy atom. The predicted octanol–water partition coefficient (Wildman–Crippen LogP) is 1.60. The molecule has 1 aromatic heterocycles. The van der Waals surface area contributed by atoms with Gasteiger partial charge in [-0.25, -0.2) is 4.79 Å². The Labute approximate surface area is 97.2 Å². The first kappa shape index (κ1) is 12.6. The number of furan rings is 1. The molecule has 0 unspecified atom stereocenters. The maximum atomic E-state index is 10.9. The minimum Gasteiger partial charge on any atom is -0.475 e. The van der Waals surface area contributed by atoms with Gasteiger partial charge in [0.15, 0.2) is 5.09 Å². The molecule has 0 saturated carbocycles. The predicted molar refractivity (Wildman–Crippen MR) is 59.7 cm³/mol. The van der Waals surface area contributed by atoms with Gasteiger partial charge in [-0.15, -0.1) is 0 Å². The second-order valence-electron chi connectivity index (χ2n) is 3.05. The summed E-state index contributed by atoms with van der Waals surface area (Å²) in [5, 5.41) is 11.7. The van der Waals surface area contributed by atoms with E-state index < -0.39 is 5.97 Å². The molecule has 1 heterocycles. The summed E-state index contributed by atoms with van der Waals surface area (Å²) in [6.07, 6.45) is 1.20. The van der Waals surface area contributed by atoms with Gasteiger partial charge in [-0.2, -0.15) is 0 Å². The molecule has 1 aromatic rings. The van der Waals surface area contributed by atoms with Gasteiger partial charge in [0.25, 0.3) is 0 Å². The van der Waals surface area contributed by atoms with Crippen LogP contribution in [0.5, 0.6) is 0 Å². The molecule has 1 rings (SSSR count). The Kier molecular flexibility index (Phi) is 4.91. The topological polar surface area (TPSA) is 79.5 Å². The molecular weight excluding hydrogens is 230 g/mol. The van der Waals surface area contributed by atoms with Crippen molar-refractivity contribution < 1.29 is 19.1 Å². The summed E-state index contributed by atoms with van der Waals surface area (Å²) in [6.45, 7) is 0. The van der Waals surface area contributed by atoms with Gasteiger partial charge in [0.2, 0.25) is 11.7 Å².